The molecule has 4 N–H and O–H groups in total. The van der Waals surface area contributed by atoms with Crippen molar-refractivity contribution in [2.75, 3.05) is 26.2 Å². The third-order valence-corrected chi connectivity index (χ3v) is 5.46. The lowest BCUT2D eigenvalue weighted by atomic mass is 9.90. The number of nitrogens with one attached hydrogen (secondary N) is 4. The number of ether oxygens (including phenoxy) is 1. The minimum Gasteiger partial charge on any atom is -0.445 e. The minimum atomic E-state index is -0.301. The van der Waals surface area contributed by atoms with Gasteiger partial charge < -0.3 is 20.3 Å². The minimum absolute atomic E-state index is 0.110. The predicted octanol–water partition coefficient (Wildman–Crippen LogP) is 2.74. The highest BCUT2D eigenvalue weighted by molar-refractivity contribution is 7.80. The van der Waals surface area contributed by atoms with Crippen molar-refractivity contribution in [2.45, 2.75) is 40.2 Å². The van der Waals surface area contributed by atoms with Gasteiger partial charge in [0.1, 0.15) is 6.61 Å². The Morgan fingerprint density at radius 3 is 2.18 bits per heavy atom. The highest BCUT2D eigenvalue weighted by Crippen LogP contribution is 2.20. The summed E-state index contributed by atoms with van der Waals surface area (Å²) < 4.78 is 5.47. The highest BCUT2D eigenvalue weighted by Gasteiger charge is 2.28. The van der Waals surface area contributed by atoms with Crippen LogP contribution < -0.4 is 21.5 Å². The van der Waals surface area contributed by atoms with Gasteiger partial charge in [-0.15, -0.1) is 0 Å². The van der Waals surface area contributed by atoms with Crippen molar-refractivity contribution in [3.8, 4) is 0 Å². The molecular weight excluding hydrogens is 458 g/mol. The fourth-order valence-corrected chi connectivity index (χ4v) is 3.70. The average Bonchev–Trinajstić information content (AvgIpc) is 2.82. The number of hydrazone groups is 2. The fourth-order valence-electron chi connectivity index (χ4n) is 3.32. The maximum Gasteiger partial charge on any atom is 0.410 e. The first kappa shape index (κ1) is 26.5. The van der Waals surface area contributed by atoms with E-state index >= 15 is 0 Å². The van der Waals surface area contributed by atoms with E-state index in [1.54, 1.807) is 4.90 Å². The summed E-state index contributed by atoms with van der Waals surface area (Å²) in [5, 5.41) is 15.8. The first-order chi connectivity index (χ1) is 15.9. The van der Waals surface area contributed by atoms with Crippen LogP contribution in [0.1, 0.15) is 39.2 Å². The summed E-state index contributed by atoms with van der Waals surface area (Å²) in [6, 6.07) is 9.66. The summed E-state index contributed by atoms with van der Waals surface area (Å²) in [5.74, 6) is 0.110. The third-order valence-electron chi connectivity index (χ3n) is 4.99. The van der Waals surface area contributed by atoms with Gasteiger partial charge in [0.15, 0.2) is 10.2 Å². The maximum absolute atomic E-state index is 12.5. The predicted molar refractivity (Wildman–Crippen MR) is 140 cm³/mol. The number of amides is 1. The summed E-state index contributed by atoms with van der Waals surface area (Å²) >= 11 is 10.4. The summed E-state index contributed by atoms with van der Waals surface area (Å²) in [6.45, 7) is 8.62. The molecule has 1 amide bonds. The molecular formula is C22H33N7O2S2. The second-order valence-electron chi connectivity index (χ2n) is 7.44. The van der Waals surface area contributed by atoms with Crippen LogP contribution in [0.25, 0.3) is 0 Å². The van der Waals surface area contributed by atoms with Crippen molar-refractivity contribution in [2.24, 2.45) is 16.1 Å². The van der Waals surface area contributed by atoms with E-state index in [9.17, 15) is 4.79 Å². The molecule has 1 aliphatic rings. The number of rotatable bonds is 8. The summed E-state index contributed by atoms with van der Waals surface area (Å²) in [6.07, 6.45) is 1.17. The Hall–Kier alpha value is -2.79. The van der Waals surface area contributed by atoms with Crippen molar-refractivity contribution in [1.29, 1.82) is 0 Å². The van der Waals surface area contributed by atoms with Crippen LogP contribution in [0.5, 0.6) is 0 Å². The van der Waals surface area contributed by atoms with Crippen LogP contribution in [0, 0.1) is 5.92 Å². The normalized spacial score (nSPS) is 14.9. The maximum atomic E-state index is 12.5. The molecule has 1 aromatic rings. The van der Waals surface area contributed by atoms with Crippen LogP contribution in [0.4, 0.5) is 4.79 Å². The lowest BCUT2D eigenvalue weighted by molar-refractivity contribution is 0.0865. The summed E-state index contributed by atoms with van der Waals surface area (Å²) in [5.41, 5.74) is 8.18. The number of thiocarbonyl (C=S) groups is 2. The Bertz CT molecular complexity index is 854. The zero-order chi connectivity index (χ0) is 24.1. The highest BCUT2D eigenvalue weighted by atomic mass is 32.1. The molecule has 0 atom stereocenters. The molecule has 1 heterocycles. The van der Waals surface area contributed by atoms with Crippen molar-refractivity contribution in [3.63, 3.8) is 0 Å². The van der Waals surface area contributed by atoms with E-state index in [1.165, 1.54) is 0 Å². The monoisotopic (exact) mass is 491 g/mol. The molecule has 0 aliphatic carbocycles. The molecule has 0 spiro atoms. The quantitative estimate of drug-likeness (QED) is 0.250. The Morgan fingerprint density at radius 2 is 1.61 bits per heavy atom. The molecule has 33 heavy (non-hydrogen) atoms. The molecule has 180 valence electrons. The van der Waals surface area contributed by atoms with E-state index in [-0.39, 0.29) is 18.6 Å². The zero-order valence-electron chi connectivity index (χ0n) is 19.4. The largest absolute Gasteiger partial charge is 0.445 e. The SMILES string of the molecule is CCNC(=S)N/N=C(\C(C)=N\NC(=S)NCC)C1CCN(C(=O)OCc2ccccc2)CC1. The third kappa shape index (κ3) is 9.30. The lowest BCUT2D eigenvalue weighted by Gasteiger charge is -2.32. The van der Waals surface area contributed by atoms with Crippen LogP contribution in [-0.2, 0) is 11.3 Å². The number of piperidine rings is 1. The van der Waals surface area contributed by atoms with Gasteiger partial charge in [0.05, 0.1) is 11.4 Å². The van der Waals surface area contributed by atoms with Gasteiger partial charge in [-0.05, 0) is 63.6 Å². The number of likely N-dealkylation sites (tertiary alicyclic amines) is 1. The first-order valence-electron chi connectivity index (χ1n) is 11.1. The molecule has 0 bridgehead atoms. The molecule has 2 rings (SSSR count). The Morgan fingerprint density at radius 1 is 1.03 bits per heavy atom. The van der Waals surface area contributed by atoms with Gasteiger partial charge in [0.2, 0.25) is 0 Å². The molecule has 0 unspecified atom stereocenters. The first-order valence-corrected chi connectivity index (χ1v) is 11.9. The molecule has 0 radical (unpaired) electrons. The molecule has 0 aromatic heterocycles. The van der Waals surface area contributed by atoms with Crippen molar-refractivity contribution in [1.82, 2.24) is 26.4 Å². The van der Waals surface area contributed by atoms with Gasteiger partial charge in [-0.2, -0.15) is 10.2 Å². The molecule has 11 heteroatoms. The van der Waals surface area contributed by atoms with E-state index in [2.05, 4.69) is 31.7 Å². The van der Waals surface area contributed by atoms with Crippen molar-refractivity contribution >= 4 is 52.2 Å². The smallest absolute Gasteiger partial charge is 0.410 e. The van der Waals surface area contributed by atoms with Crippen LogP contribution in [-0.4, -0.2) is 58.8 Å². The van der Waals surface area contributed by atoms with Gasteiger partial charge in [0.25, 0.3) is 0 Å². The lowest BCUT2D eigenvalue weighted by Crippen LogP contribution is -2.43. The Labute approximate surface area is 206 Å². The molecule has 1 aliphatic heterocycles. The second kappa shape index (κ2) is 14.4. The van der Waals surface area contributed by atoms with Gasteiger partial charge >= 0.3 is 6.09 Å². The number of hydrogen-bond donors (Lipinski definition) is 4. The van der Waals surface area contributed by atoms with E-state index in [1.807, 2.05) is 51.1 Å². The number of nitrogens with zero attached hydrogens (tertiary/aromatic N) is 3. The average molecular weight is 492 g/mol. The number of hydrogen-bond acceptors (Lipinski definition) is 6. The zero-order valence-corrected chi connectivity index (χ0v) is 21.0. The summed E-state index contributed by atoms with van der Waals surface area (Å²) in [4.78, 5) is 14.2. The van der Waals surface area contributed by atoms with E-state index in [0.717, 1.165) is 24.1 Å². The second-order valence-corrected chi connectivity index (χ2v) is 8.25. The molecule has 0 saturated carbocycles. The van der Waals surface area contributed by atoms with Gasteiger partial charge in [-0.3, -0.25) is 10.9 Å². The molecule has 1 saturated heterocycles. The van der Waals surface area contributed by atoms with E-state index in [0.29, 0.717) is 42.1 Å². The van der Waals surface area contributed by atoms with Crippen LogP contribution in [0.3, 0.4) is 0 Å². The fraction of sp³-hybridized carbons (Fsp3) is 0.500. The van der Waals surface area contributed by atoms with Crippen LogP contribution in [0.15, 0.2) is 40.5 Å². The van der Waals surface area contributed by atoms with Gasteiger partial charge in [-0.1, -0.05) is 30.3 Å². The van der Waals surface area contributed by atoms with Gasteiger partial charge in [0, 0.05) is 32.1 Å². The van der Waals surface area contributed by atoms with Crippen molar-refractivity contribution < 1.29 is 9.53 Å². The van der Waals surface area contributed by atoms with E-state index in [4.69, 9.17) is 29.2 Å². The standard InChI is InChI=1S/C22H33N7O2S2/c1-4-23-20(32)27-25-16(3)19(26-28-21(33)24-5-2)18-11-13-29(14-12-18)22(30)31-15-17-9-7-6-8-10-17/h6-10,18H,4-5,11-15H2,1-3H3,(H2,23,27,32)(H2,24,28,33)/b25-16+,26-19+. The van der Waals surface area contributed by atoms with E-state index < -0.39 is 0 Å². The Balaban J connectivity index is 1.98. The number of carbonyl (C=O) groups is 1. The van der Waals surface area contributed by atoms with Gasteiger partial charge in [-0.25, -0.2) is 4.79 Å². The van der Waals surface area contributed by atoms with Crippen LogP contribution >= 0.6 is 24.4 Å². The Kier molecular flexibility index (Phi) is 11.5. The molecule has 1 aromatic carbocycles. The number of carbonyl (C=O) groups excluding carboxylic acids is 1. The molecule has 9 nitrogen and oxygen atoms in total. The molecule has 1 fully saturated rings. The van der Waals surface area contributed by atoms with Crippen LogP contribution in [0.2, 0.25) is 0 Å². The summed E-state index contributed by atoms with van der Waals surface area (Å²) in [7, 11) is 0. The topological polar surface area (TPSA) is 102 Å². The number of benzene rings is 1. The van der Waals surface area contributed by atoms with Crippen molar-refractivity contribution in [3.05, 3.63) is 35.9 Å².